The molecule has 0 amide bonds. The van der Waals surface area contributed by atoms with Gasteiger partial charge in [0.05, 0.1) is 13.2 Å². The van der Waals surface area contributed by atoms with Gasteiger partial charge in [-0.05, 0) is 25.7 Å². The van der Waals surface area contributed by atoms with Crippen molar-refractivity contribution in [3.05, 3.63) is 0 Å². The van der Waals surface area contributed by atoms with Crippen molar-refractivity contribution in [2.45, 2.75) is 65.2 Å². The number of carbonyl (C=O) groups excluding carboxylic acids is 4. The number of esters is 2. The van der Waals surface area contributed by atoms with Crippen LogP contribution in [0, 0.1) is 0 Å². The Kier molecular flexibility index (Phi) is 13.2. The van der Waals surface area contributed by atoms with Gasteiger partial charge in [0.15, 0.2) is 0 Å². The Balaban J connectivity index is 3.66. The average molecular weight is 346 g/mol. The maximum absolute atomic E-state index is 11.3. The molecule has 0 atom stereocenters. The molecular formula is C16H26O8. The molecule has 8 nitrogen and oxygen atoms in total. The van der Waals surface area contributed by atoms with E-state index in [0.29, 0.717) is 25.7 Å². The van der Waals surface area contributed by atoms with Gasteiger partial charge < -0.3 is 18.9 Å². The fourth-order valence-electron chi connectivity index (χ4n) is 1.49. The molecule has 0 saturated heterocycles. The summed E-state index contributed by atoms with van der Waals surface area (Å²) in [6.07, 6.45) is 1.69. The summed E-state index contributed by atoms with van der Waals surface area (Å²) in [4.78, 5) is 44.9. The zero-order valence-electron chi connectivity index (χ0n) is 14.3. The van der Waals surface area contributed by atoms with Crippen LogP contribution < -0.4 is 0 Å². The molecular weight excluding hydrogens is 320 g/mol. The predicted octanol–water partition coefficient (Wildman–Crippen LogP) is 3.51. The second kappa shape index (κ2) is 14.5. The van der Waals surface area contributed by atoms with Crippen molar-refractivity contribution in [3.63, 3.8) is 0 Å². The van der Waals surface area contributed by atoms with Gasteiger partial charge in [0.1, 0.15) is 0 Å². The van der Waals surface area contributed by atoms with E-state index in [1.165, 1.54) is 0 Å². The van der Waals surface area contributed by atoms with Gasteiger partial charge >= 0.3 is 24.2 Å². The molecule has 0 saturated carbocycles. The summed E-state index contributed by atoms with van der Waals surface area (Å²) >= 11 is 0. The van der Waals surface area contributed by atoms with Crippen LogP contribution in [-0.4, -0.2) is 37.5 Å². The number of unbranched alkanes of at least 4 members (excludes halogenated alkanes) is 3. The van der Waals surface area contributed by atoms with Crippen LogP contribution >= 0.6 is 0 Å². The molecule has 0 heterocycles. The molecule has 0 aromatic heterocycles. The lowest BCUT2D eigenvalue weighted by Crippen LogP contribution is -2.15. The molecule has 0 aromatic carbocycles. The zero-order chi connectivity index (χ0) is 18.2. The molecule has 0 radical (unpaired) electrons. The Hall–Kier alpha value is -2.12. The fourth-order valence-corrected chi connectivity index (χ4v) is 1.49. The second-order valence-corrected chi connectivity index (χ2v) is 5.06. The number of ether oxygens (including phenoxy) is 4. The summed E-state index contributed by atoms with van der Waals surface area (Å²) in [5.74, 6) is -1.44. The van der Waals surface area contributed by atoms with Crippen LogP contribution in [0.25, 0.3) is 0 Å². The van der Waals surface area contributed by atoms with Crippen molar-refractivity contribution in [1.82, 2.24) is 0 Å². The summed E-state index contributed by atoms with van der Waals surface area (Å²) in [6.45, 7) is 4.30. The van der Waals surface area contributed by atoms with Gasteiger partial charge in [0.2, 0.25) is 0 Å². The first-order valence-electron chi connectivity index (χ1n) is 8.24. The van der Waals surface area contributed by atoms with Crippen molar-refractivity contribution in [2.24, 2.45) is 0 Å². The topological polar surface area (TPSA) is 105 Å². The standard InChI is InChI=1S/C16H26O8/c1-3-5-11-21-15(19)23-13(17)9-7-8-10-14(18)24-16(20)22-12-6-4-2/h3-12H2,1-2H3. The van der Waals surface area contributed by atoms with Gasteiger partial charge in [-0.2, -0.15) is 0 Å². The number of carbonyl (C=O) groups is 4. The van der Waals surface area contributed by atoms with E-state index in [1.807, 2.05) is 13.8 Å². The minimum absolute atomic E-state index is 0.0307. The van der Waals surface area contributed by atoms with E-state index in [9.17, 15) is 19.2 Å². The molecule has 0 aliphatic rings. The first kappa shape index (κ1) is 21.9. The van der Waals surface area contributed by atoms with Crippen molar-refractivity contribution < 1.29 is 38.1 Å². The normalized spacial score (nSPS) is 9.92. The third-order valence-corrected chi connectivity index (χ3v) is 2.84. The molecule has 0 fully saturated rings. The van der Waals surface area contributed by atoms with Gasteiger partial charge in [-0.3, -0.25) is 9.59 Å². The summed E-state index contributed by atoms with van der Waals surface area (Å²) in [7, 11) is 0. The van der Waals surface area contributed by atoms with E-state index in [2.05, 4.69) is 18.9 Å². The van der Waals surface area contributed by atoms with Crippen LogP contribution in [0.1, 0.15) is 65.2 Å². The maximum atomic E-state index is 11.3. The van der Waals surface area contributed by atoms with Gasteiger partial charge in [-0.1, -0.05) is 26.7 Å². The van der Waals surface area contributed by atoms with Crippen LogP contribution in [0.15, 0.2) is 0 Å². The summed E-state index contributed by atoms with van der Waals surface area (Å²) in [5, 5.41) is 0. The average Bonchev–Trinajstić information content (AvgIpc) is 2.52. The van der Waals surface area contributed by atoms with E-state index < -0.39 is 24.2 Å². The second-order valence-electron chi connectivity index (χ2n) is 5.06. The Morgan fingerprint density at radius 2 is 1.00 bits per heavy atom. The highest BCUT2D eigenvalue weighted by Gasteiger charge is 2.14. The quantitative estimate of drug-likeness (QED) is 0.318. The predicted molar refractivity (Wildman–Crippen MR) is 83.2 cm³/mol. The molecule has 0 aromatic rings. The molecule has 138 valence electrons. The summed E-state index contributed by atoms with van der Waals surface area (Å²) < 4.78 is 18.2. The highest BCUT2D eigenvalue weighted by atomic mass is 16.7. The minimum Gasteiger partial charge on any atom is -0.434 e. The van der Waals surface area contributed by atoms with Gasteiger partial charge in [-0.25, -0.2) is 9.59 Å². The maximum Gasteiger partial charge on any atom is 0.516 e. The van der Waals surface area contributed by atoms with Crippen LogP contribution in [0.2, 0.25) is 0 Å². The summed E-state index contributed by atoms with van der Waals surface area (Å²) in [6, 6.07) is 0. The van der Waals surface area contributed by atoms with Gasteiger partial charge in [0, 0.05) is 12.8 Å². The molecule has 0 aliphatic heterocycles. The van der Waals surface area contributed by atoms with Crippen molar-refractivity contribution >= 4 is 24.2 Å². The first-order chi connectivity index (χ1) is 11.5. The van der Waals surface area contributed by atoms with Crippen LogP contribution in [-0.2, 0) is 28.5 Å². The molecule has 0 N–H and O–H groups in total. The fraction of sp³-hybridized carbons (Fsp3) is 0.750. The molecule has 0 bridgehead atoms. The number of rotatable bonds is 11. The SMILES string of the molecule is CCCCOC(=O)OC(=O)CCCCC(=O)OC(=O)OCCCC. The molecule has 24 heavy (non-hydrogen) atoms. The molecule has 0 rings (SSSR count). The van der Waals surface area contributed by atoms with Crippen molar-refractivity contribution in [1.29, 1.82) is 0 Å². The largest absolute Gasteiger partial charge is 0.516 e. The van der Waals surface area contributed by atoms with Crippen LogP contribution in [0.4, 0.5) is 9.59 Å². The summed E-state index contributed by atoms with van der Waals surface area (Å²) in [5.41, 5.74) is 0. The van der Waals surface area contributed by atoms with Gasteiger partial charge in [0.25, 0.3) is 0 Å². The molecule has 0 aliphatic carbocycles. The Morgan fingerprint density at radius 1 is 0.625 bits per heavy atom. The Labute approximate surface area is 141 Å². The van der Waals surface area contributed by atoms with E-state index in [0.717, 1.165) is 12.8 Å². The van der Waals surface area contributed by atoms with E-state index in [4.69, 9.17) is 0 Å². The van der Waals surface area contributed by atoms with Crippen molar-refractivity contribution in [2.75, 3.05) is 13.2 Å². The van der Waals surface area contributed by atoms with E-state index >= 15 is 0 Å². The van der Waals surface area contributed by atoms with E-state index in [-0.39, 0.29) is 26.1 Å². The number of hydrogen-bond donors (Lipinski definition) is 0. The lowest BCUT2D eigenvalue weighted by Gasteiger charge is -2.05. The zero-order valence-corrected chi connectivity index (χ0v) is 14.3. The van der Waals surface area contributed by atoms with Crippen LogP contribution in [0.5, 0.6) is 0 Å². The van der Waals surface area contributed by atoms with E-state index in [1.54, 1.807) is 0 Å². The molecule has 8 heteroatoms. The number of hydrogen-bond acceptors (Lipinski definition) is 8. The minimum atomic E-state index is -1.01. The first-order valence-corrected chi connectivity index (χ1v) is 8.24. The molecule has 0 unspecified atom stereocenters. The molecule has 0 spiro atoms. The lowest BCUT2D eigenvalue weighted by molar-refractivity contribution is -0.142. The monoisotopic (exact) mass is 346 g/mol. The highest BCUT2D eigenvalue weighted by molar-refractivity contribution is 5.82. The third kappa shape index (κ3) is 13.5. The highest BCUT2D eigenvalue weighted by Crippen LogP contribution is 2.04. The smallest absolute Gasteiger partial charge is 0.434 e. The third-order valence-electron chi connectivity index (χ3n) is 2.84. The van der Waals surface area contributed by atoms with Crippen molar-refractivity contribution in [3.8, 4) is 0 Å². The van der Waals surface area contributed by atoms with Crippen LogP contribution in [0.3, 0.4) is 0 Å². The lowest BCUT2D eigenvalue weighted by atomic mass is 10.2. The van der Waals surface area contributed by atoms with Gasteiger partial charge in [-0.15, -0.1) is 0 Å². The Bertz CT molecular complexity index is 367. The Morgan fingerprint density at radius 3 is 1.33 bits per heavy atom.